The van der Waals surface area contributed by atoms with E-state index >= 15 is 0 Å². The molecule has 0 fully saturated rings. The van der Waals surface area contributed by atoms with E-state index in [-0.39, 0.29) is 0 Å². The Morgan fingerprint density at radius 2 is 1.33 bits per heavy atom. The predicted octanol–water partition coefficient (Wildman–Crippen LogP) is 4.86. The zero-order valence-electron chi connectivity index (χ0n) is 16.0. The summed E-state index contributed by atoms with van der Waals surface area (Å²) in [6.07, 6.45) is 18.5. The van der Waals surface area contributed by atoms with Gasteiger partial charge >= 0.3 is 5.97 Å². The minimum absolute atomic E-state index is 0.399. The molecule has 0 aliphatic carbocycles. The van der Waals surface area contributed by atoms with Crippen molar-refractivity contribution in [3.8, 4) is 0 Å². The highest BCUT2D eigenvalue weighted by atomic mass is 16.4. The zero-order valence-corrected chi connectivity index (χ0v) is 16.0. The molecule has 4 nitrogen and oxygen atoms in total. The lowest BCUT2D eigenvalue weighted by Gasteiger charge is -2.14. The maximum atomic E-state index is 11.1. The summed E-state index contributed by atoms with van der Waals surface area (Å²) in [6.45, 7) is 3.72. The molecule has 1 atom stereocenters. The molecule has 0 spiro atoms. The minimum atomic E-state index is -0.731. The summed E-state index contributed by atoms with van der Waals surface area (Å²) in [6, 6.07) is -0.399. The van der Waals surface area contributed by atoms with Crippen LogP contribution < -0.4 is 11.1 Å². The van der Waals surface area contributed by atoms with Crippen LogP contribution in [-0.2, 0) is 4.79 Å². The summed E-state index contributed by atoms with van der Waals surface area (Å²) in [7, 11) is 0. The molecule has 0 saturated heterocycles. The van der Waals surface area contributed by atoms with Gasteiger partial charge in [0.05, 0.1) is 0 Å². The van der Waals surface area contributed by atoms with Gasteiger partial charge in [-0.25, -0.2) is 0 Å². The smallest absolute Gasteiger partial charge is 0.320 e. The Labute approximate surface area is 150 Å². The van der Waals surface area contributed by atoms with Crippen molar-refractivity contribution in [1.29, 1.82) is 0 Å². The van der Waals surface area contributed by atoms with Gasteiger partial charge in [-0.2, -0.15) is 0 Å². The summed E-state index contributed by atoms with van der Waals surface area (Å²) in [5, 5.41) is 12.3. The Hall–Kier alpha value is -0.610. The van der Waals surface area contributed by atoms with Gasteiger partial charge in [-0.1, -0.05) is 84.0 Å². The van der Waals surface area contributed by atoms with Crippen LogP contribution in [0.1, 0.15) is 103 Å². The molecule has 0 amide bonds. The number of carboxylic acids is 1. The number of unbranched alkanes of at least 4 members (excludes halogenated alkanes) is 12. The molecule has 0 radical (unpaired) electrons. The van der Waals surface area contributed by atoms with Crippen LogP contribution in [0.2, 0.25) is 0 Å². The van der Waals surface area contributed by atoms with Crippen LogP contribution in [-0.4, -0.2) is 30.2 Å². The Balaban J connectivity index is 3.32. The number of aliphatic carboxylic acids is 1. The van der Waals surface area contributed by atoms with Crippen molar-refractivity contribution in [2.24, 2.45) is 5.73 Å². The Morgan fingerprint density at radius 1 is 0.833 bits per heavy atom. The molecule has 0 bridgehead atoms. The number of carbonyl (C=O) groups is 1. The topological polar surface area (TPSA) is 75.3 Å². The second kappa shape index (κ2) is 18.7. The third kappa shape index (κ3) is 16.3. The Bertz CT molecular complexity index is 272. The molecule has 144 valence electrons. The molecule has 0 aromatic carbocycles. The van der Waals surface area contributed by atoms with Gasteiger partial charge in [-0.05, 0) is 32.4 Å². The lowest BCUT2D eigenvalue weighted by Crippen LogP contribution is -2.37. The van der Waals surface area contributed by atoms with E-state index in [1.165, 1.54) is 70.6 Å². The first-order valence-electron chi connectivity index (χ1n) is 10.4. The van der Waals surface area contributed by atoms with Gasteiger partial charge in [-0.3, -0.25) is 4.79 Å². The Morgan fingerprint density at radius 3 is 1.79 bits per heavy atom. The highest BCUT2D eigenvalue weighted by Gasteiger charge is 2.15. The number of hydrogen-bond donors (Lipinski definition) is 3. The van der Waals surface area contributed by atoms with E-state index in [0.29, 0.717) is 13.0 Å². The van der Waals surface area contributed by atoms with Crippen LogP contribution in [0.5, 0.6) is 0 Å². The summed E-state index contributed by atoms with van der Waals surface area (Å²) in [5.41, 5.74) is 5.45. The van der Waals surface area contributed by atoms with Crippen molar-refractivity contribution < 1.29 is 9.90 Å². The zero-order chi connectivity index (χ0) is 17.9. The average molecular weight is 343 g/mol. The molecule has 0 heterocycles. The standard InChI is InChI=1S/C20H42N2O2/c1-2-3-4-5-6-7-8-9-10-11-12-15-18-22-19(20(23)24)16-13-14-17-21/h19,22H,2-18,21H2,1H3,(H,23,24)/t19-/m0/s1. The third-order valence-corrected chi connectivity index (χ3v) is 4.67. The molecule has 0 aliphatic heterocycles. The fourth-order valence-corrected chi connectivity index (χ4v) is 3.05. The molecule has 24 heavy (non-hydrogen) atoms. The number of carboxylic acid groups (broad SMARTS) is 1. The van der Waals surface area contributed by atoms with Gasteiger partial charge in [0.25, 0.3) is 0 Å². The third-order valence-electron chi connectivity index (χ3n) is 4.67. The van der Waals surface area contributed by atoms with E-state index in [1.54, 1.807) is 0 Å². The van der Waals surface area contributed by atoms with Crippen LogP contribution in [0, 0.1) is 0 Å². The predicted molar refractivity (Wildman–Crippen MR) is 103 cm³/mol. The highest BCUT2D eigenvalue weighted by molar-refractivity contribution is 5.73. The summed E-state index contributed by atoms with van der Waals surface area (Å²) in [5.74, 6) is -0.731. The SMILES string of the molecule is CCCCCCCCCCCCCCN[C@@H](CCCCN)C(=O)O. The van der Waals surface area contributed by atoms with E-state index in [2.05, 4.69) is 12.2 Å². The van der Waals surface area contributed by atoms with E-state index in [4.69, 9.17) is 5.73 Å². The first-order valence-corrected chi connectivity index (χ1v) is 10.4. The van der Waals surface area contributed by atoms with Crippen LogP contribution in [0.15, 0.2) is 0 Å². The molecule has 0 aromatic heterocycles. The van der Waals surface area contributed by atoms with Crippen LogP contribution in [0.25, 0.3) is 0 Å². The summed E-state index contributed by atoms with van der Waals surface area (Å²) >= 11 is 0. The van der Waals surface area contributed by atoms with E-state index in [1.807, 2.05) is 0 Å². The van der Waals surface area contributed by atoms with Crippen molar-refractivity contribution in [3.05, 3.63) is 0 Å². The highest BCUT2D eigenvalue weighted by Crippen LogP contribution is 2.11. The van der Waals surface area contributed by atoms with Crippen molar-refractivity contribution in [3.63, 3.8) is 0 Å². The van der Waals surface area contributed by atoms with Gasteiger partial charge < -0.3 is 16.2 Å². The van der Waals surface area contributed by atoms with E-state index < -0.39 is 12.0 Å². The number of nitrogens with two attached hydrogens (primary N) is 1. The molecule has 4 heteroatoms. The summed E-state index contributed by atoms with van der Waals surface area (Å²) < 4.78 is 0. The first-order chi connectivity index (χ1) is 11.7. The molecule has 0 rings (SSSR count). The van der Waals surface area contributed by atoms with Crippen molar-refractivity contribution in [1.82, 2.24) is 5.32 Å². The number of rotatable bonds is 19. The van der Waals surface area contributed by atoms with Crippen molar-refractivity contribution in [2.75, 3.05) is 13.1 Å². The number of hydrogen-bond acceptors (Lipinski definition) is 3. The fourth-order valence-electron chi connectivity index (χ4n) is 3.05. The van der Waals surface area contributed by atoms with Gasteiger partial charge in [0.15, 0.2) is 0 Å². The van der Waals surface area contributed by atoms with Crippen molar-refractivity contribution >= 4 is 5.97 Å². The van der Waals surface area contributed by atoms with E-state index in [9.17, 15) is 9.90 Å². The van der Waals surface area contributed by atoms with Crippen LogP contribution in [0.4, 0.5) is 0 Å². The van der Waals surface area contributed by atoms with Gasteiger partial charge in [0, 0.05) is 0 Å². The molecule has 4 N–H and O–H groups in total. The van der Waals surface area contributed by atoms with E-state index in [0.717, 1.165) is 25.8 Å². The van der Waals surface area contributed by atoms with Crippen LogP contribution >= 0.6 is 0 Å². The van der Waals surface area contributed by atoms with Gasteiger partial charge in [-0.15, -0.1) is 0 Å². The summed E-state index contributed by atoms with van der Waals surface area (Å²) in [4.78, 5) is 11.1. The molecule has 0 saturated carbocycles. The molecule has 0 aromatic rings. The van der Waals surface area contributed by atoms with Gasteiger partial charge in [0.1, 0.15) is 6.04 Å². The van der Waals surface area contributed by atoms with Crippen LogP contribution in [0.3, 0.4) is 0 Å². The first kappa shape index (κ1) is 23.4. The van der Waals surface area contributed by atoms with Gasteiger partial charge in [0.2, 0.25) is 0 Å². The quantitative estimate of drug-likeness (QED) is 0.293. The molecular formula is C20H42N2O2. The Kier molecular flexibility index (Phi) is 18.2. The van der Waals surface area contributed by atoms with Crippen molar-refractivity contribution in [2.45, 2.75) is 109 Å². The monoisotopic (exact) mass is 342 g/mol. The largest absolute Gasteiger partial charge is 0.480 e. The second-order valence-corrected chi connectivity index (χ2v) is 7.02. The molecule has 0 aliphatic rings. The maximum absolute atomic E-state index is 11.1. The fraction of sp³-hybridized carbons (Fsp3) is 0.950. The lowest BCUT2D eigenvalue weighted by molar-refractivity contribution is -0.139. The normalized spacial score (nSPS) is 12.4. The minimum Gasteiger partial charge on any atom is -0.480 e. The second-order valence-electron chi connectivity index (χ2n) is 7.02. The number of nitrogens with one attached hydrogen (secondary N) is 1. The molecule has 0 unspecified atom stereocenters. The maximum Gasteiger partial charge on any atom is 0.320 e. The molecular weight excluding hydrogens is 300 g/mol. The lowest BCUT2D eigenvalue weighted by atomic mass is 10.1. The average Bonchev–Trinajstić information content (AvgIpc) is 2.57.